The van der Waals surface area contributed by atoms with E-state index in [2.05, 4.69) is 30.8 Å². The third-order valence-corrected chi connectivity index (χ3v) is 7.88. The molecule has 2 atom stereocenters. The first kappa shape index (κ1) is 31.0. The van der Waals surface area contributed by atoms with E-state index in [-0.39, 0.29) is 55.7 Å². The van der Waals surface area contributed by atoms with E-state index < -0.39 is 60.8 Å². The smallest absolute Gasteiger partial charge is 0.411 e. The molecule has 1 aliphatic carbocycles. The number of hydrogen-bond acceptors (Lipinski definition) is 7. The van der Waals surface area contributed by atoms with E-state index in [1.165, 1.54) is 16.8 Å². The standard InChI is InChI=1S/C29H32F4N6O5/c1-43-26(41)36-20-12-23-35-22(14-39(23)38-21(20)11-19-13-29(32,33)16-34-25(19)40)24(18-7-9-28(30,31)10-8-18)37-27(42)44-15-17-5-3-2-4-6-17/h2-6,12,14,18-19,24H,7-11,13,15-16H2,1H3,(H,34,40)(H,36,41)(H,37,42)/t19?,24-/m0/s1. The van der Waals surface area contributed by atoms with Gasteiger partial charge in [-0.1, -0.05) is 30.3 Å². The summed E-state index contributed by atoms with van der Waals surface area (Å²) in [6, 6.07) is 9.62. The molecule has 3 N–H and O–H groups in total. The fourth-order valence-electron chi connectivity index (χ4n) is 5.55. The number of nitrogens with zero attached hydrogens (tertiary/aromatic N) is 3. The number of methoxy groups -OCH3 is 1. The number of ether oxygens (including phenoxy) is 2. The van der Waals surface area contributed by atoms with Crippen LogP contribution in [0.5, 0.6) is 0 Å². The lowest BCUT2D eigenvalue weighted by Crippen LogP contribution is -2.48. The SMILES string of the molecule is COC(=O)Nc1cc2nc([C@@H](NC(=O)OCc3ccccc3)C3CCC(F)(F)CC3)cn2nc1CC1CC(F)(F)CNC1=O. The Morgan fingerprint density at radius 1 is 1.11 bits per heavy atom. The molecule has 1 unspecified atom stereocenters. The summed E-state index contributed by atoms with van der Waals surface area (Å²) in [5, 5.41) is 11.9. The summed E-state index contributed by atoms with van der Waals surface area (Å²) in [6.07, 6.45) is -1.54. The molecule has 1 saturated heterocycles. The van der Waals surface area contributed by atoms with Gasteiger partial charge < -0.3 is 20.1 Å². The van der Waals surface area contributed by atoms with Gasteiger partial charge in [-0.15, -0.1) is 0 Å². The van der Waals surface area contributed by atoms with Crippen LogP contribution < -0.4 is 16.0 Å². The van der Waals surface area contributed by atoms with Crippen molar-refractivity contribution in [3.8, 4) is 0 Å². The molecule has 1 aliphatic heterocycles. The van der Waals surface area contributed by atoms with Gasteiger partial charge in [-0.2, -0.15) is 5.10 Å². The number of rotatable bonds is 8. The Morgan fingerprint density at radius 3 is 2.55 bits per heavy atom. The van der Waals surface area contributed by atoms with E-state index in [1.54, 1.807) is 24.3 Å². The number of hydrogen-bond donors (Lipinski definition) is 3. The number of anilines is 1. The first-order chi connectivity index (χ1) is 20.9. The van der Waals surface area contributed by atoms with Crippen molar-refractivity contribution in [3.05, 3.63) is 59.5 Å². The third kappa shape index (κ3) is 7.55. The summed E-state index contributed by atoms with van der Waals surface area (Å²) in [5.74, 6) is -8.00. The van der Waals surface area contributed by atoms with Gasteiger partial charge in [0.15, 0.2) is 5.65 Å². The van der Waals surface area contributed by atoms with Gasteiger partial charge in [0.25, 0.3) is 5.92 Å². The molecule has 236 valence electrons. The van der Waals surface area contributed by atoms with Crippen molar-refractivity contribution in [1.29, 1.82) is 0 Å². The average Bonchev–Trinajstić information content (AvgIpc) is 3.40. The number of alkyl halides is 4. The molecule has 1 saturated carbocycles. The number of alkyl carbamates (subject to hydrolysis) is 1. The first-order valence-corrected chi connectivity index (χ1v) is 14.2. The zero-order chi connectivity index (χ0) is 31.5. The number of benzene rings is 1. The Labute approximate surface area is 249 Å². The number of carbonyl (C=O) groups is 3. The second-order valence-corrected chi connectivity index (χ2v) is 11.1. The normalized spacial score (nSPS) is 20.4. The van der Waals surface area contributed by atoms with Gasteiger partial charge >= 0.3 is 12.2 Å². The third-order valence-electron chi connectivity index (χ3n) is 7.88. The summed E-state index contributed by atoms with van der Waals surface area (Å²) < 4.78 is 67.6. The highest BCUT2D eigenvalue weighted by Gasteiger charge is 2.42. The van der Waals surface area contributed by atoms with Crippen LogP contribution in [0.3, 0.4) is 0 Å². The second-order valence-electron chi connectivity index (χ2n) is 11.1. The van der Waals surface area contributed by atoms with E-state index in [9.17, 15) is 31.9 Å². The Balaban J connectivity index is 1.44. The molecule has 2 fully saturated rings. The molecule has 15 heteroatoms. The topological polar surface area (TPSA) is 136 Å². The maximum absolute atomic E-state index is 14.1. The van der Waals surface area contributed by atoms with E-state index in [0.717, 1.165) is 12.7 Å². The lowest BCUT2D eigenvalue weighted by Gasteiger charge is -2.33. The largest absolute Gasteiger partial charge is 0.453 e. The molecule has 0 spiro atoms. The highest BCUT2D eigenvalue weighted by atomic mass is 19.3. The van der Waals surface area contributed by atoms with Crippen LogP contribution in [0.4, 0.5) is 32.8 Å². The van der Waals surface area contributed by atoms with Crippen molar-refractivity contribution < 1.29 is 41.4 Å². The average molecular weight is 621 g/mol. The number of fused-ring (bicyclic) bond motifs is 1. The van der Waals surface area contributed by atoms with Gasteiger partial charge in [-0.3, -0.25) is 10.1 Å². The zero-order valence-corrected chi connectivity index (χ0v) is 23.8. The quantitative estimate of drug-likeness (QED) is 0.301. The summed E-state index contributed by atoms with van der Waals surface area (Å²) >= 11 is 0. The first-order valence-electron chi connectivity index (χ1n) is 14.2. The van der Waals surface area contributed by atoms with E-state index >= 15 is 0 Å². The number of amides is 3. The van der Waals surface area contributed by atoms with Crippen LogP contribution in [-0.2, 0) is 27.3 Å². The van der Waals surface area contributed by atoms with Crippen LogP contribution in [0.2, 0.25) is 0 Å². The predicted molar refractivity (Wildman–Crippen MR) is 148 cm³/mol. The molecule has 1 aromatic carbocycles. The van der Waals surface area contributed by atoms with Gasteiger partial charge in [-0.05, 0) is 24.3 Å². The fraction of sp³-hybridized carbons (Fsp3) is 0.483. The Kier molecular flexibility index (Phi) is 8.92. The summed E-state index contributed by atoms with van der Waals surface area (Å²) in [5.41, 5.74) is 1.48. The molecule has 3 heterocycles. The van der Waals surface area contributed by atoms with Crippen LogP contribution in [0.15, 0.2) is 42.6 Å². The molecule has 2 aromatic heterocycles. The number of aromatic nitrogens is 3. The number of nitrogens with one attached hydrogen (secondary N) is 3. The highest BCUT2D eigenvalue weighted by Crippen LogP contribution is 2.41. The monoisotopic (exact) mass is 620 g/mol. The predicted octanol–water partition coefficient (Wildman–Crippen LogP) is 5.01. The number of piperidine rings is 1. The van der Waals surface area contributed by atoms with Gasteiger partial charge in [0, 0.05) is 37.7 Å². The molecule has 0 radical (unpaired) electrons. The molecular weight excluding hydrogens is 588 g/mol. The Hall–Kier alpha value is -4.43. The molecular formula is C29H32F4N6O5. The molecule has 3 amide bonds. The Bertz CT molecular complexity index is 1510. The minimum atomic E-state index is -3.11. The lowest BCUT2D eigenvalue weighted by molar-refractivity contribution is -0.136. The lowest BCUT2D eigenvalue weighted by atomic mass is 9.81. The minimum Gasteiger partial charge on any atom is -0.453 e. The van der Waals surface area contributed by atoms with E-state index in [4.69, 9.17) is 4.74 Å². The fourth-order valence-corrected chi connectivity index (χ4v) is 5.55. The van der Waals surface area contributed by atoms with Crippen LogP contribution in [0.1, 0.15) is 55.1 Å². The molecule has 11 nitrogen and oxygen atoms in total. The molecule has 44 heavy (non-hydrogen) atoms. The van der Waals surface area contributed by atoms with Gasteiger partial charge in [0.05, 0.1) is 43.0 Å². The van der Waals surface area contributed by atoms with Crippen molar-refractivity contribution in [1.82, 2.24) is 25.2 Å². The van der Waals surface area contributed by atoms with Crippen molar-refractivity contribution in [3.63, 3.8) is 0 Å². The molecule has 5 rings (SSSR count). The minimum absolute atomic E-state index is 0.00540. The maximum atomic E-state index is 14.1. The summed E-state index contributed by atoms with van der Waals surface area (Å²) in [6.45, 7) is -0.767. The maximum Gasteiger partial charge on any atom is 0.411 e. The molecule has 0 bridgehead atoms. The van der Waals surface area contributed by atoms with Crippen LogP contribution >= 0.6 is 0 Å². The van der Waals surface area contributed by atoms with Crippen LogP contribution in [-0.4, -0.2) is 58.2 Å². The van der Waals surface area contributed by atoms with E-state index in [1.807, 2.05) is 6.07 Å². The van der Waals surface area contributed by atoms with Crippen LogP contribution in [0.25, 0.3) is 5.65 Å². The van der Waals surface area contributed by atoms with Crippen molar-refractivity contribution in [2.45, 2.75) is 63.0 Å². The Morgan fingerprint density at radius 2 is 1.84 bits per heavy atom. The molecule has 2 aliphatic rings. The number of imidazole rings is 1. The van der Waals surface area contributed by atoms with Crippen LogP contribution in [0, 0.1) is 11.8 Å². The van der Waals surface area contributed by atoms with Gasteiger partial charge in [-0.25, -0.2) is 36.7 Å². The highest BCUT2D eigenvalue weighted by molar-refractivity contribution is 5.86. The van der Waals surface area contributed by atoms with Crippen molar-refractivity contribution in [2.24, 2.45) is 11.8 Å². The van der Waals surface area contributed by atoms with E-state index in [0.29, 0.717) is 5.69 Å². The van der Waals surface area contributed by atoms with Gasteiger partial charge in [0.2, 0.25) is 11.8 Å². The zero-order valence-electron chi connectivity index (χ0n) is 23.8. The number of halogens is 4. The summed E-state index contributed by atoms with van der Waals surface area (Å²) in [7, 11) is 1.14. The summed E-state index contributed by atoms with van der Waals surface area (Å²) in [4.78, 5) is 41.9. The van der Waals surface area contributed by atoms with Crippen molar-refractivity contribution in [2.75, 3.05) is 19.0 Å². The van der Waals surface area contributed by atoms with Crippen molar-refractivity contribution >= 4 is 29.4 Å². The van der Waals surface area contributed by atoms with Gasteiger partial charge in [0.1, 0.15) is 6.61 Å². The number of carbonyl (C=O) groups excluding carboxylic acids is 3. The molecule has 3 aromatic rings. The second kappa shape index (κ2) is 12.7.